The molecule has 2 heterocycles. The molecule has 1 aromatic heterocycles. The Kier molecular flexibility index (Phi) is 13.3. The molecule has 0 aliphatic carbocycles. The molecule has 1 aliphatic heterocycles. The zero-order valence-electron chi connectivity index (χ0n) is 28.6. The summed E-state index contributed by atoms with van der Waals surface area (Å²) < 4.78 is 29.0. The van der Waals surface area contributed by atoms with E-state index in [1.165, 1.54) is 46.1 Å². The minimum Gasteiger partial charge on any atom is -0.411 e. The van der Waals surface area contributed by atoms with E-state index in [0.717, 1.165) is 16.3 Å². The number of carbonyl (C=O) groups is 2. The number of benzene rings is 2. The number of carbonyl (C=O) groups excluding carboxylic acids is 2. The molecule has 3 N–H and O–H groups in total. The van der Waals surface area contributed by atoms with E-state index >= 15 is 0 Å². The summed E-state index contributed by atoms with van der Waals surface area (Å²) in [6.07, 6.45) is 0.132. The Morgan fingerprint density at radius 2 is 1.80 bits per heavy atom. The second kappa shape index (κ2) is 17.2. The van der Waals surface area contributed by atoms with Crippen molar-refractivity contribution in [1.29, 1.82) is 0 Å². The third-order valence-electron chi connectivity index (χ3n) is 8.38. The van der Waals surface area contributed by atoms with Crippen LogP contribution in [0, 0.1) is 12.8 Å². The molecule has 49 heavy (non-hydrogen) atoms. The van der Waals surface area contributed by atoms with E-state index in [1.807, 2.05) is 75.5 Å². The standard InChI is InChI=1S/C34H47N7O6S2/c1-24(2)32(41-18-16-39(34(41)44)21-28-23-48-25(3)36-28)33(43)37-30(19-26-9-7-6-8-10-26)31(42)22-40(17-15-38(4)5)49(46,47)29-13-11-27(12-14-29)20-35-45/h6-14,20,23-24,30-32,42,45H,15-19,21-22H2,1-5H3,(H,37,43)/b35-20+/t30-,31+,32-/m0/s1. The molecule has 3 atom stereocenters. The first-order valence-corrected chi connectivity index (χ1v) is 18.5. The molecule has 0 spiro atoms. The Balaban J connectivity index is 1.57. The van der Waals surface area contributed by atoms with Crippen LogP contribution in [0.4, 0.5) is 4.79 Å². The van der Waals surface area contributed by atoms with Gasteiger partial charge in [0.25, 0.3) is 0 Å². The number of thiazole rings is 1. The number of aryl methyl sites for hydroxylation is 1. The second-order valence-electron chi connectivity index (χ2n) is 12.8. The molecule has 266 valence electrons. The lowest BCUT2D eigenvalue weighted by atomic mass is 9.98. The van der Waals surface area contributed by atoms with E-state index in [2.05, 4.69) is 15.5 Å². The summed E-state index contributed by atoms with van der Waals surface area (Å²) in [5, 5.41) is 29.4. The first-order chi connectivity index (χ1) is 23.3. The lowest BCUT2D eigenvalue weighted by Gasteiger charge is -2.34. The summed E-state index contributed by atoms with van der Waals surface area (Å²) in [7, 11) is -0.421. The first-order valence-electron chi connectivity index (χ1n) is 16.2. The Morgan fingerprint density at radius 1 is 1.10 bits per heavy atom. The van der Waals surface area contributed by atoms with Gasteiger partial charge in [-0.25, -0.2) is 18.2 Å². The van der Waals surface area contributed by atoms with Gasteiger partial charge in [0.2, 0.25) is 15.9 Å². The summed E-state index contributed by atoms with van der Waals surface area (Å²) in [6.45, 7) is 7.02. The van der Waals surface area contributed by atoms with Crippen molar-refractivity contribution in [2.45, 2.75) is 56.8 Å². The van der Waals surface area contributed by atoms with E-state index in [1.54, 1.807) is 9.80 Å². The molecule has 0 bridgehead atoms. The van der Waals surface area contributed by atoms with E-state index in [0.29, 0.717) is 31.7 Å². The molecule has 1 fully saturated rings. The Morgan fingerprint density at radius 3 is 2.39 bits per heavy atom. The predicted octanol–water partition coefficient (Wildman–Crippen LogP) is 2.86. The Labute approximate surface area is 292 Å². The number of hydrogen-bond acceptors (Lipinski definition) is 10. The average Bonchev–Trinajstić information content (AvgIpc) is 3.63. The quantitative estimate of drug-likeness (QED) is 0.110. The molecule has 0 saturated carbocycles. The molecular weight excluding hydrogens is 667 g/mol. The lowest BCUT2D eigenvalue weighted by Crippen LogP contribution is -2.57. The van der Waals surface area contributed by atoms with Crippen LogP contribution in [-0.2, 0) is 27.8 Å². The fraction of sp³-hybridized carbons (Fsp3) is 0.471. The summed E-state index contributed by atoms with van der Waals surface area (Å²) in [4.78, 5) is 37.2. The number of hydrogen-bond donors (Lipinski definition) is 3. The van der Waals surface area contributed by atoms with Gasteiger partial charge in [0, 0.05) is 38.1 Å². The van der Waals surface area contributed by atoms with Crippen LogP contribution in [0.5, 0.6) is 0 Å². The Hall–Kier alpha value is -3.89. The molecule has 0 unspecified atom stereocenters. The summed E-state index contributed by atoms with van der Waals surface area (Å²) in [6, 6.07) is 13.3. The monoisotopic (exact) mass is 713 g/mol. The van der Waals surface area contributed by atoms with Gasteiger partial charge in [0.1, 0.15) is 6.04 Å². The van der Waals surface area contributed by atoms with Gasteiger partial charge >= 0.3 is 6.03 Å². The number of oxime groups is 1. The van der Waals surface area contributed by atoms with Crippen LogP contribution < -0.4 is 5.32 Å². The van der Waals surface area contributed by atoms with Crippen molar-refractivity contribution >= 4 is 39.5 Å². The average molecular weight is 714 g/mol. The maximum Gasteiger partial charge on any atom is 0.321 e. The molecule has 3 aromatic rings. The predicted molar refractivity (Wildman–Crippen MR) is 189 cm³/mol. The van der Waals surface area contributed by atoms with Crippen molar-refractivity contribution in [3.8, 4) is 0 Å². The van der Waals surface area contributed by atoms with Crippen molar-refractivity contribution in [3.63, 3.8) is 0 Å². The normalized spacial score (nSPS) is 15.9. The van der Waals surface area contributed by atoms with Crippen molar-refractivity contribution in [2.24, 2.45) is 11.1 Å². The fourth-order valence-corrected chi connectivity index (χ4v) is 7.86. The van der Waals surface area contributed by atoms with Crippen molar-refractivity contribution < 1.29 is 28.3 Å². The van der Waals surface area contributed by atoms with E-state index in [9.17, 15) is 23.1 Å². The van der Waals surface area contributed by atoms with Gasteiger partial charge in [-0.3, -0.25) is 4.79 Å². The molecule has 1 saturated heterocycles. The van der Waals surface area contributed by atoms with Crippen molar-refractivity contribution in [1.82, 2.24) is 29.3 Å². The van der Waals surface area contributed by atoms with Gasteiger partial charge < -0.3 is 30.3 Å². The molecular formula is C34H47N7O6S2. The first kappa shape index (κ1) is 37.9. The van der Waals surface area contributed by atoms with Gasteiger partial charge in [-0.1, -0.05) is 61.5 Å². The molecule has 0 radical (unpaired) electrons. The largest absolute Gasteiger partial charge is 0.411 e. The number of sulfonamides is 1. The highest BCUT2D eigenvalue weighted by atomic mass is 32.2. The molecule has 13 nitrogen and oxygen atoms in total. The zero-order chi connectivity index (χ0) is 35.7. The maximum absolute atomic E-state index is 14.1. The number of aromatic nitrogens is 1. The second-order valence-corrected chi connectivity index (χ2v) is 15.8. The van der Waals surface area contributed by atoms with E-state index in [4.69, 9.17) is 5.21 Å². The molecule has 15 heteroatoms. The van der Waals surface area contributed by atoms with Gasteiger partial charge in [-0.05, 0) is 56.6 Å². The maximum atomic E-state index is 14.1. The highest BCUT2D eigenvalue weighted by Crippen LogP contribution is 2.23. The lowest BCUT2D eigenvalue weighted by molar-refractivity contribution is -0.128. The van der Waals surface area contributed by atoms with Crippen LogP contribution in [0.2, 0.25) is 0 Å². The van der Waals surface area contributed by atoms with Crippen molar-refractivity contribution in [2.75, 3.05) is 46.8 Å². The van der Waals surface area contributed by atoms with E-state index < -0.39 is 34.1 Å². The third kappa shape index (κ3) is 10.1. The van der Waals surface area contributed by atoms with Crippen LogP contribution in [0.3, 0.4) is 0 Å². The zero-order valence-corrected chi connectivity index (χ0v) is 30.3. The number of urea groups is 1. The van der Waals surface area contributed by atoms with Crippen LogP contribution in [0.15, 0.2) is 70.0 Å². The van der Waals surface area contributed by atoms with E-state index in [-0.39, 0.29) is 36.4 Å². The number of rotatable bonds is 17. The number of aliphatic hydroxyl groups excluding tert-OH is 1. The van der Waals surface area contributed by atoms with Crippen molar-refractivity contribution in [3.05, 3.63) is 81.8 Å². The SMILES string of the molecule is Cc1nc(CN2CCN([C@H](C(=O)N[C@@H](Cc3ccccc3)[C@H](O)CN(CCN(C)C)S(=O)(=O)c3ccc(/C=N/O)cc3)C(C)C)C2=O)cs1. The number of aliphatic hydroxyl groups is 1. The van der Waals surface area contributed by atoms with Gasteiger partial charge in [0.05, 0.1) is 40.5 Å². The fourth-order valence-electron chi connectivity index (χ4n) is 5.80. The minimum atomic E-state index is -4.07. The molecule has 1 aliphatic rings. The number of likely N-dealkylation sites (N-methyl/N-ethyl adjacent to an activating group) is 1. The van der Waals surface area contributed by atoms with Crippen LogP contribution in [0.25, 0.3) is 0 Å². The van der Waals surface area contributed by atoms with Crippen LogP contribution in [0.1, 0.15) is 35.7 Å². The number of amides is 3. The smallest absolute Gasteiger partial charge is 0.321 e. The van der Waals surface area contributed by atoms with Gasteiger partial charge in [-0.15, -0.1) is 11.3 Å². The van der Waals surface area contributed by atoms with Gasteiger partial charge in [0.15, 0.2) is 0 Å². The topological polar surface area (TPSA) is 159 Å². The summed E-state index contributed by atoms with van der Waals surface area (Å²) in [5.41, 5.74) is 2.17. The highest BCUT2D eigenvalue weighted by molar-refractivity contribution is 7.89. The third-order valence-corrected chi connectivity index (χ3v) is 11.1. The molecule has 4 rings (SSSR count). The number of nitrogens with zero attached hydrogens (tertiary/aromatic N) is 6. The van der Waals surface area contributed by atoms with Crippen LogP contribution >= 0.6 is 11.3 Å². The number of nitrogens with one attached hydrogen (secondary N) is 1. The molecule has 3 amide bonds. The van der Waals surface area contributed by atoms with Crippen LogP contribution in [-0.4, -0.2) is 126 Å². The summed E-state index contributed by atoms with van der Waals surface area (Å²) >= 11 is 1.52. The molecule has 2 aromatic carbocycles. The van der Waals surface area contributed by atoms with Gasteiger partial charge in [-0.2, -0.15) is 4.31 Å². The minimum absolute atomic E-state index is 0.0157. The summed E-state index contributed by atoms with van der Waals surface area (Å²) in [5.74, 6) is -0.658. The Bertz CT molecular complexity index is 1670. The highest BCUT2D eigenvalue weighted by Gasteiger charge is 2.40.